The second kappa shape index (κ2) is 4.93. The van der Waals surface area contributed by atoms with Crippen molar-refractivity contribution in [2.75, 3.05) is 14.1 Å². The molecule has 2 N–H and O–H groups in total. The maximum atomic E-state index is 6.31. The minimum atomic E-state index is -0.118. The Hall–Kier alpha value is -0.940. The fraction of sp³-hybridized carbons (Fsp3) is 0.818. The van der Waals surface area contributed by atoms with Crippen LogP contribution in [-0.4, -0.2) is 39.5 Å². The summed E-state index contributed by atoms with van der Waals surface area (Å²) >= 11 is 0. The molecule has 0 radical (unpaired) electrons. The molecular formula is C11H23N5. The minimum Gasteiger partial charge on any atom is -0.321 e. The summed E-state index contributed by atoms with van der Waals surface area (Å²) < 4.78 is 1.90. The number of aromatic nitrogens is 3. The van der Waals surface area contributed by atoms with Gasteiger partial charge in [-0.25, -0.2) is 4.68 Å². The zero-order valence-electron chi connectivity index (χ0n) is 10.9. The Kier molecular flexibility index (Phi) is 4.04. The fourth-order valence-electron chi connectivity index (χ4n) is 1.53. The molecule has 1 rings (SSSR count). The summed E-state index contributed by atoms with van der Waals surface area (Å²) in [6.07, 6.45) is 2.80. The van der Waals surface area contributed by atoms with E-state index in [0.717, 1.165) is 18.7 Å². The lowest BCUT2D eigenvalue weighted by Crippen LogP contribution is -2.48. The predicted octanol–water partition coefficient (Wildman–Crippen LogP) is 1.03. The van der Waals surface area contributed by atoms with Crippen molar-refractivity contribution in [3.63, 3.8) is 0 Å². The van der Waals surface area contributed by atoms with Crippen LogP contribution in [0.2, 0.25) is 0 Å². The highest BCUT2D eigenvalue weighted by atomic mass is 15.4. The largest absolute Gasteiger partial charge is 0.321 e. The van der Waals surface area contributed by atoms with Gasteiger partial charge in [-0.1, -0.05) is 12.1 Å². The molecular weight excluding hydrogens is 202 g/mol. The molecule has 0 aromatic carbocycles. The van der Waals surface area contributed by atoms with Crippen LogP contribution >= 0.6 is 0 Å². The van der Waals surface area contributed by atoms with Gasteiger partial charge in [0.25, 0.3) is 0 Å². The Morgan fingerprint density at radius 2 is 2.12 bits per heavy atom. The molecule has 16 heavy (non-hydrogen) atoms. The van der Waals surface area contributed by atoms with Crippen LogP contribution in [0.5, 0.6) is 0 Å². The van der Waals surface area contributed by atoms with Crippen LogP contribution < -0.4 is 5.73 Å². The quantitative estimate of drug-likeness (QED) is 0.813. The number of hydrogen-bond acceptors (Lipinski definition) is 4. The molecule has 0 bridgehead atoms. The lowest BCUT2D eigenvalue weighted by molar-refractivity contribution is 0.154. The topological polar surface area (TPSA) is 60.0 Å². The Morgan fingerprint density at radius 1 is 1.50 bits per heavy atom. The molecule has 1 atom stereocenters. The number of nitrogens with zero attached hydrogens (tertiary/aromatic N) is 4. The van der Waals surface area contributed by atoms with E-state index in [0.29, 0.717) is 0 Å². The van der Waals surface area contributed by atoms with Crippen molar-refractivity contribution in [3.8, 4) is 0 Å². The fourth-order valence-corrected chi connectivity index (χ4v) is 1.53. The molecule has 1 aromatic heterocycles. The third-order valence-corrected chi connectivity index (χ3v) is 3.32. The van der Waals surface area contributed by atoms with Crippen molar-refractivity contribution in [1.82, 2.24) is 19.9 Å². The molecule has 5 heteroatoms. The van der Waals surface area contributed by atoms with Crippen LogP contribution in [0.1, 0.15) is 38.9 Å². The summed E-state index contributed by atoms with van der Waals surface area (Å²) in [6.45, 7) is 7.24. The monoisotopic (exact) mass is 225 g/mol. The first-order chi connectivity index (χ1) is 7.41. The predicted molar refractivity (Wildman–Crippen MR) is 65.0 cm³/mol. The van der Waals surface area contributed by atoms with Crippen LogP contribution in [0, 0.1) is 0 Å². The van der Waals surface area contributed by atoms with E-state index in [4.69, 9.17) is 5.73 Å². The van der Waals surface area contributed by atoms with Gasteiger partial charge in [0.1, 0.15) is 0 Å². The Morgan fingerprint density at radius 3 is 2.62 bits per heavy atom. The van der Waals surface area contributed by atoms with Gasteiger partial charge in [-0.05, 0) is 34.4 Å². The summed E-state index contributed by atoms with van der Waals surface area (Å²) in [6, 6.07) is -0.0935. The van der Waals surface area contributed by atoms with Gasteiger partial charge < -0.3 is 10.6 Å². The standard InChI is InChI=1S/C11H23N5/c1-6-7-16-9(8-13-14-16)10(12)11(2,3)15(4)5/h8,10H,6-7,12H2,1-5H3. The highest BCUT2D eigenvalue weighted by Gasteiger charge is 2.32. The highest BCUT2D eigenvalue weighted by molar-refractivity contribution is 5.09. The molecule has 0 saturated carbocycles. The Bertz CT molecular complexity index is 329. The molecule has 0 fully saturated rings. The molecule has 0 aliphatic rings. The normalized spacial score (nSPS) is 14.4. The van der Waals surface area contributed by atoms with E-state index in [1.54, 1.807) is 6.20 Å². The summed E-state index contributed by atoms with van der Waals surface area (Å²) in [7, 11) is 4.07. The van der Waals surface area contributed by atoms with Crippen molar-refractivity contribution < 1.29 is 0 Å². The Balaban J connectivity index is 2.95. The lowest BCUT2D eigenvalue weighted by atomic mass is 9.91. The summed E-state index contributed by atoms with van der Waals surface area (Å²) in [4.78, 5) is 2.13. The van der Waals surface area contributed by atoms with Crippen LogP contribution in [0.25, 0.3) is 0 Å². The summed E-state index contributed by atoms with van der Waals surface area (Å²) in [5.74, 6) is 0. The molecule has 0 aliphatic heterocycles. The number of aryl methyl sites for hydroxylation is 1. The van der Waals surface area contributed by atoms with E-state index in [-0.39, 0.29) is 11.6 Å². The SMILES string of the molecule is CCCn1nncc1C(N)C(C)(C)N(C)C. The first-order valence-corrected chi connectivity index (χ1v) is 5.72. The highest BCUT2D eigenvalue weighted by Crippen LogP contribution is 2.26. The van der Waals surface area contributed by atoms with Gasteiger partial charge in [0, 0.05) is 12.1 Å². The van der Waals surface area contributed by atoms with Crippen molar-refractivity contribution in [2.24, 2.45) is 5.73 Å². The van der Waals surface area contributed by atoms with Gasteiger partial charge in [0.05, 0.1) is 17.9 Å². The lowest BCUT2D eigenvalue weighted by Gasteiger charge is -2.37. The van der Waals surface area contributed by atoms with Crippen LogP contribution in [-0.2, 0) is 6.54 Å². The average molecular weight is 225 g/mol. The first-order valence-electron chi connectivity index (χ1n) is 5.72. The molecule has 0 spiro atoms. The summed E-state index contributed by atoms with van der Waals surface area (Å²) in [5, 5.41) is 8.02. The third-order valence-electron chi connectivity index (χ3n) is 3.32. The van der Waals surface area contributed by atoms with Gasteiger partial charge in [0.15, 0.2) is 0 Å². The molecule has 0 aliphatic carbocycles. The number of likely N-dealkylation sites (N-methyl/N-ethyl adjacent to an activating group) is 1. The molecule has 5 nitrogen and oxygen atoms in total. The first kappa shape index (κ1) is 13.1. The van der Waals surface area contributed by atoms with Crippen LogP contribution in [0.15, 0.2) is 6.20 Å². The smallest absolute Gasteiger partial charge is 0.0773 e. The molecule has 1 aromatic rings. The number of nitrogens with two attached hydrogens (primary N) is 1. The zero-order valence-corrected chi connectivity index (χ0v) is 10.9. The minimum absolute atomic E-state index is 0.0935. The molecule has 1 heterocycles. The van der Waals surface area contributed by atoms with Gasteiger partial charge in [-0.15, -0.1) is 5.10 Å². The van der Waals surface area contributed by atoms with Crippen molar-refractivity contribution >= 4 is 0 Å². The van der Waals surface area contributed by atoms with Gasteiger partial charge in [0.2, 0.25) is 0 Å². The van der Waals surface area contributed by atoms with E-state index < -0.39 is 0 Å². The third kappa shape index (κ3) is 2.41. The van der Waals surface area contributed by atoms with Crippen LogP contribution in [0.3, 0.4) is 0 Å². The van der Waals surface area contributed by atoms with Gasteiger partial charge in [-0.2, -0.15) is 0 Å². The molecule has 1 unspecified atom stereocenters. The van der Waals surface area contributed by atoms with Gasteiger partial charge in [-0.3, -0.25) is 0 Å². The maximum Gasteiger partial charge on any atom is 0.0773 e. The van der Waals surface area contributed by atoms with Crippen LogP contribution in [0.4, 0.5) is 0 Å². The van der Waals surface area contributed by atoms with Crippen molar-refractivity contribution in [1.29, 1.82) is 0 Å². The second-order valence-electron chi connectivity index (χ2n) is 4.91. The number of rotatable bonds is 5. The van der Waals surface area contributed by atoms with E-state index in [1.807, 2.05) is 18.8 Å². The van der Waals surface area contributed by atoms with E-state index in [9.17, 15) is 0 Å². The molecule has 0 saturated heterocycles. The molecule has 92 valence electrons. The second-order valence-corrected chi connectivity index (χ2v) is 4.91. The van der Waals surface area contributed by atoms with Crippen molar-refractivity contribution in [2.45, 2.75) is 45.3 Å². The van der Waals surface area contributed by atoms with E-state index >= 15 is 0 Å². The molecule has 0 amide bonds. The zero-order chi connectivity index (χ0) is 12.3. The maximum absolute atomic E-state index is 6.31. The average Bonchev–Trinajstić information content (AvgIpc) is 2.65. The van der Waals surface area contributed by atoms with E-state index in [2.05, 4.69) is 36.0 Å². The van der Waals surface area contributed by atoms with E-state index in [1.165, 1.54) is 0 Å². The Labute approximate surface area is 97.6 Å². The number of hydrogen-bond donors (Lipinski definition) is 1. The van der Waals surface area contributed by atoms with Crippen molar-refractivity contribution in [3.05, 3.63) is 11.9 Å². The summed E-state index contributed by atoms with van der Waals surface area (Å²) in [5.41, 5.74) is 7.19. The van der Waals surface area contributed by atoms with Gasteiger partial charge >= 0.3 is 0 Å².